The first kappa shape index (κ1) is 25.1. The van der Waals surface area contributed by atoms with Gasteiger partial charge >= 0.3 is 5.97 Å². The number of allylic oxidation sites excluding steroid dienone is 6. The molecule has 3 aliphatic rings. The highest BCUT2D eigenvalue weighted by Crippen LogP contribution is 2.59. The fourth-order valence-corrected chi connectivity index (χ4v) is 6.57. The number of carbonyl (C=O) groups is 1. The van der Waals surface area contributed by atoms with E-state index in [-0.39, 0.29) is 12.1 Å². The Balaban J connectivity index is 1.74. The van der Waals surface area contributed by atoms with Gasteiger partial charge in [-0.2, -0.15) is 0 Å². The van der Waals surface area contributed by atoms with Crippen LogP contribution in [0.4, 0.5) is 0 Å². The smallest absolute Gasteiger partial charge is 0.302 e. The fraction of sp³-hybridized carbons (Fsp3) is 0.700. The molecule has 0 saturated heterocycles. The van der Waals surface area contributed by atoms with Crippen LogP contribution in [0.5, 0.6) is 0 Å². The Morgan fingerprint density at radius 3 is 2.53 bits per heavy atom. The quantitative estimate of drug-likeness (QED) is 0.308. The van der Waals surface area contributed by atoms with Gasteiger partial charge in [-0.3, -0.25) is 4.79 Å². The van der Waals surface area contributed by atoms with Gasteiger partial charge in [-0.05, 0) is 85.5 Å². The third-order valence-corrected chi connectivity index (χ3v) is 8.94. The second-order valence-corrected chi connectivity index (χ2v) is 11.5. The molecule has 3 rings (SSSR count). The molecule has 178 valence electrons. The molecule has 0 aliphatic heterocycles. The molecule has 0 aromatic carbocycles. The Morgan fingerprint density at radius 1 is 1.09 bits per heavy atom. The molecule has 2 nitrogen and oxygen atoms in total. The summed E-state index contributed by atoms with van der Waals surface area (Å²) < 4.78 is 5.49. The molecule has 3 fully saturated rings. The second kappa shape index (κ2) is 10.6. The van der Waals surface area contributed by atoms with Crippen LogP contribution in [0.2, 0.25) is 0 Å². The first-order valence-corrected chi connectivity index (χ1v) is 13.0. The van der Waals surface area contributed by atoms with Gasteiger partial charge in [0, 0.05) is 13.3 Å². The number of hydrogen-bond acceptors (Lipinski definition) is 2. The Hall–Kier alpha value is -1.57. The summed E-state index contributed by atoms with van der Waals surface area (Å²) in [7, 11) is 0. The Morgan fingerprint density at radius 2 is 1.84 bits per heavy atom. The molecule has 0 bridgehead atoms. The van der Waals surface area contributed by atoms with E-state index >= 15 is 0 Å². The van der Waals surface area contributed by atoms with Crippen LogP contribution < -0.4 is 0 Å². The largest absolute Gasteiger partial charge is 0.462 e. The molecule has 0 spiro atoms. The van der Waals surface area contributed by atoms with Crippen molar-refractivity contribution >= 4 is 5.97 Å². The van der Waals surface area contributed by atoms with E-state index in [4.69, 9.17) is 4.74 Å². The van der Waals surface area contributed by atoms with E-state index in [1.165, 1.54) is 50.2 Å². The molecule has 0 radical (unpaired) electrons. The molecule has 6 atom stereocenters. The minimum Gasteiger partial charge on any atom is -0.462 e. The number of fused-ring (bicyclic) bond motifs is 1. The van der Waals surface area contributed by atoms with Crippen molar-refractivity contribution in [1.29, 1.82) is 0 Å². The summed E-state index contributed by atoms with van der Waals surface area (Å²) in [6.45, 7) is 17.8. The third kappa shape index (κ3) is 5.67. The van der Waals surface area contributed by atoms with E-state index in [9.17, 15) is 4.79 Å². The average Bonchev–Trinajstić information content (AvgIpc) is 3.09. The maximum atomic E-state index is 11.4. The zero-order valence-electron chi connectivity index (χ0n) is 21.5. The molecule has 32 heavy (non-hydrogen) atoms. The lowest BCUT2D eigenvalue weighted by molar-refractivity contribution is -0.146. The molecule has 0 N–H and O–H groups in total. The summed E-state index contributed by atoms with van der Waals surface area (Å²) in [5.74, 6) is 3.31. The molecular weight excluding hydrogens is 392 g/mol. The standard InChI is InChI=1S/C30H46O2/c1-20(2)21(3)10-11-23(5)28-16-17-29-25(9-8-18-30(28,29)7)13-14-26-19-27(32-24(6)31)15-12-22(26)4/h10-11,13-14,20-21,23,27-29H,4,8-9,12,15-19H2,1-3,5-7H3/b11-10+,25-13?,26-14?/t21-,23+,27-,28+,29?,30+/m0/s1. The molecule has 0 heterocycles. The number of rotatable bonds is 6. The van der Waals surface area contributed by atoms with Crippen LogP contribution in [-0.2, 0) is 9.53 Å². The van der Waals surface area contributed by atoms with E-state index in [0.29, 0.717) is 29.1 Å². The van der Waals surface area contributed by atoms with Gasteiger partial charge in [0.25, 0.3) is 0 Å². The predicted molar refractivity (Wildman–Crippen MR) is 135 cm³/mol. The Kier molecular flexibility index (Phi) is 8.28. The monoisotopic (exact) mass is 438 g/mol. The molecule has 0 aromatic heterocycles. The SMILES string of the molecule is C=C1CC[C@H](OC(C)=O)CC1=CC=C1CCC[C@@]2(C)C1CC[C@@H]2[C@H](C)/C=C/[C@H](C)C(C)C. The molecule has 3 saturated carbocycles. The van der Waals surface area contributed by atoms with Crippen molar-refractivity contribution < 1.29 is 9.53 Å². The van der Waals surface area contributed by atoms with E-state index in [0.717, 1.165) is 25.2 Å². The van der Waals surface area contributed by atoms with Gasteiger partial charge in [-0.25, -0.2) is 0 Å². The highest BCUT2D eigenvalue weighted by Gasteiger charge is 2.50. The fourth-order valence-electron chi connectivity index (χ4n) is 6.57. The molecule has 3 aliphatic carbocycles. The van der Waals surface area contributed by atoms with Crippen molar-refractivity contribution in [3.05, 3.63) is 47.6 Å². The zero-order chi connectivity index (χ0) is 23.5. The first-order chi connectivity index (χ1) is 15.1. The van der Waals surface area contributed by atoms with E-state index in [1.807, 2.05) is 0 Å². The molecule has 2 heteroatoms. The molecular formula is C30H46O2. The van der Waals surface area contributed by atoms with Crippen LogP contribution in [0.15, 0.2) is 47.6 Å². The summed E-state index contributed by atoms with van der Waals surface area (Å²) in [4.78, 5) is 11.4. The molecule has 1 unspecified atom stereocenters. The lowest BCUT2D eigenvalue weighted by Crippen LogP contribution is -2.35. The highest BCUT2D eigenvalue weighted by atomic mass is 16.5. The van der Waals surface area contributed by atoms with Crippen LogP contribution in [0.1, 0.15) is 92.9 Å². The number of hydrogen-bond donors (Lipinski definition) is 0. The van der Waals surface area contributed by atoms with Crippen molar-refractivity contribution in [3.63, 3.8) is 0 Å². The Bertz CT molecular complexity index is 783. The van der Waals surface area contributed by atoms with E-state index in [1.54, 1.807) is 5.57 Å². The van der Waals surface area contributed by atoms with Gasteiger partial charge in [0.15, 0.2) is 0 Å². The van der Waals surface area contributed by atoms with Crippen molar-refractivity contribution in [2.45, 2.75) is 99.0 Å². The Labute approximate surface area is 197 Å². The van der Waals surface area contributed by atoms with Crippen molar-refractivity contribution in [2.75, 3.05) is 0 Å². The second-order valence-electron chi connectivity index (χ2n) is 11.5. The number of carbonyl (C=O) groups excluding carboxylic acids is 1. The van der Waals surface area contributed by atoms with Gasteiger partial charge in [0.2, 0.25) is 0 Å². The summed E-state index contributed by atoms with van der Waals surface area (Å²) in [5, 5.41) is 0. The topological polar surface area (TPSA) is 26.3 Å². The van der Waals surface area contributed by atoms with E-state index in [2.05, 4.69) is 65.5 Å². The summed E-state index contributed by atoms with van der Waals surface area (Å²) >= 11 is 0. The zero-order valence-corrected chi connectivity index (χ0v) is 21.5. The minimum absolute atomic E-state index is 0.0102. The number of esters is 1. The van der Waals surface area contributed by atoms with Crippen LogP contribution in [0.25, 0.3) is 0 Å². The first-order valence-electron chi connectivity index (χ1n) is 13.0. The predicted octanol–water partition coefficient (Wildman–Crippen LogP) is 8.21. The maximum Gasteiger partial charge on any atom is 0.302 e. The van der Waals surface area contributed by atoms with E-state index < -0.39 is 0 Å². The van der Waals surface area contributed by atoms with Crippen LogP contribution in [0.3, 0.4) is 0 Å². The maximum absolute atomic E-state index is 11.4. The van der Waals surface area contributed by atoms with Gasteiger partial charge < -0.3 is 4.74 Å². The van der Waals surface area contributed by atoms with Gasteiger partial charge in [-0.1, -0.05) is 76.6 Å². The lowest BCUT2D eigenvalue weighted by Gasteiger charge is -2.44. The summed E-state index contributed by atoms with van der Waals surface area (Å²) in [5.41, 5.74) is 4.54. The third-order valence-electron chi connectivity index (χ3n) is 8.94. The van der Waals surface area contributed by atoms with Crippen LogP contribution in [0, 0.1) is 35.0 Å². The molecule has 0 aromatic rings. The minimum atomic E-state index is -0.175. The summed E-state index contributed by atoms with van der Waals surface area (Å²) in [6.07, 6.45) is 18.9. The van der Waals surface area contributed by atoms with Gasteiger partial charge in [0.1, 0.15) is 6.10 Å². The van der Waals surface area contributed by atoms with Crippen molar-refractivity contribution in [2.24, 2.45) is 35.0 Å². The van der Waals surface area contributed by atoms with Crippen LogP contribution >= 0.6 is 0 Å². The van der Waals surface area contributed by atoms with Gasteiger partial charge in [0.05, 0.1) is 0 Å². The number of ether oxygens (including phenoxy) is 1. The molecule has 0 amide bonds. The van der Waals surface area contributed by atoms with Crippen molar-refractivity contribution in [1.82, 2.24) is 0 Å². The normalized spacial score (nSPS) is 35.5. The highest BCUT2D eigenvalue weighted by molar-refractivity contribution is 5.66. The average molecular weight is 439 g/mol. The van der Waals surface area contributed by atoms with Crippen LogP contribution in [-0.4, -0.2) is 12.1 Å². The lowest BCUT2D eigenvalue weighted by atomic mass is 9.61. The van der Waals surface area contributed by atoms with Crippen molar-refractivity contribution in [3.8, 4) is 0 Å². The van der Waals surface area contributed by atoms with Gasteiger partial charge in [-0.15, -0.1) is 0 Å². The summed E-state index contributed by atoms with van der Waals surface area (Å²) in [6, 6.07) is 0.